The first-order valence-electron chi connectivity index (χ1n) is 8.90. The SMILES string of the molecule is CCNC(=NCCN1CCCS1(=O)=O)N1CCN(C(=O)OCC)CC1. The van der Waals surface area contributed by atoms with Gasteiger partial charge in [-0.25, -0.2) is 17.5 Å². The minimum absolute atomic E-state index is 0.243. The third-order valence-electron chi connectivity index (χ3n) is 4.25. The predicted molar refractivity (Wildman–Crippen MR) is 96.1 cm³/mol. The van der Waals surface area contributed by atoms with Crippen molar-refractivity contribution in [1.82, 2.24) is 19.4 Å². The second kappa shape index (κ2) is 9.23. The maximum absolute atomic E-state index is 11.8. The molecule has 2 saturated heterocycles. The Morgan fingerprint density at radius 1 is 1.12 bits per heavy atom. The topological polar surface area (TPSA) is 94.5 Å². The Bertz CT molecular complexity index is 572. The summed E-state index contributed by atoms with van der Waals surface area (Å²) in [5.74, 6) is 1.01. The molecule has 9 nitrogen and oxygen atoms in total. The first-order valence-corrected chi connectivity index (χ1v) is 10.5. The van der Waals surface area contributed by atoms with Gasteiger partial charge in [-0.15, -0.1) is 0 Å². The second-order valence-electron chi connectivity index (χ2n) is 5.98. The Labute approximate surface area is 150 Å². The van der Waals surface area contributed by atoms with Crippen molar-refractivity contribution in [3.63, 3.8) is 0 Å². The van der Waals surface area contributed by atoms with E-state index >= 15 is 0 Å². The number of nitrogens with one attached hydrogen (secondary N) is 1. The summed E-state index contributed by atoms with van der Waals surface area (Å²) in [6.45, 7) is 8.86. The molecule has 0 spiro atoms. The fourth-order valence-electron chi connectivity index (χ4n) is 2.95. The van der Waals surface area contributed by atoms with E-state index in [-0.39, 0.29) is 11.8 Å². The summed E-state index contributed by atoms with van der Waals surface area (Å²) in [7, 11) is -3.07. The van der Waals surface area contributed by atoms with Crippen LogP contribution in [-0.4, -0.2) is 99.3 Å². The van der Waals surface area contributed by atoms with E-state index in [0.717, 1.165) is 12.5 Å². The van der Waals surface area contributed by atoms with E-state index in [1.165, 1.54) is 4.31 Å². The van der Waals surface area contributed by atoms with E-state index in [1.807, 2.05) is 6.92 Å². The van der Waals surface area contributed by atoms with Gasteiger partial charge in [0.25, 0.3) is 0 Å². The molecule has 0 aromatic rings. The lowest BCUT2D eigenvalue weighted by molar-refractivity contribution is 0.0914. The summed E-state index contributed by atoms with van der Waals surface area (Å²) in [5.41, 5.74) is 0. The summed E-state index contributed by atoms with van der Waals surface area (Å²) in [4.78, 5) is 20.1. The van der Waals surface area contributed by atoms with Gasteiger partial charge >= 0.3 is 6.09 Å². The molecule has 1 N–H and O–H groups in total. The van der Waals surface area contributed by atoms with Crippen LogP contribution in [-0.2, 0) is 14.8 Å². The molecule has 2 aliphatic rings. The van der Waals surface area contributed by atoms with E-state index < -0.39 is 10.0 Å². The number of rotatable bonds is 5. The van der Waals surface area contributed by atoms with E-state index in [1.54, 1.807) is 11.8 Å². The van der Waals surface area contributed by atoms with Crippen molar-refractivity contribution in [3.05, 3.63) is 0 Å². The summed E-state index contributed by atoms with van der Waals surface area (Å²) in [6.07, 6.45) is 0.422. The molecular formula is C15H29N5O4S. The molecule has 0 aliphatic carbocycles. The Morgan fingerprint density at radius 2 is 1.80 bits per heavy atom. The summed E-state index contributed by atoms with van der Waals surface area (Å²) in [5, 5.41) is 3.24. The van der Waals surface area contributed by atoms with Gasteiger partial charge in [0.1, 0.15) is 0 Å². The van der Waals surface area contributed by atoms with Crippen LogP contribution in [0.1, 0.15) is 20.3 Å². The summed E-state index contributed by atoms with van der Waals surface area (Å²) in [6, 6.07) is 0. The Kier molecular flexibility index (Phi) is 7.30. The number of guanidine groups is 1. The highest BCUT2D eigenvalue weighted by molar-refractivity contribution is 7.89. The minimum Gasteiger partial charge on any atom is -0.450 e. The molecule has 0 bridgehead atoms. The zero-order valence-electron chi connectivity index (χ0n) is 15.1. The van der Waals surface area contributed by atoms with Crippen molar-refractivity contribution < 1.29 is 17.9 Å². The molecule has 0 aromatic heterocycles. The van der Waals surface area contributed by atoms with E-state index in [0.29, 0.717) is 58.8 Å². The summed E-state index contributed by atoms with van der Waals surface area (Å²) >= 11 is 0. The van der Waals surface area contributed by atoms with Crippen LogP contribution in [0.25, 0.3) is 0 Å². The molecule has 2 fully saturated rings. The van der Waals surface area contributed by atoms with Crippen LogP contribution in [0.15, 0.2) is 4.99 Å². The van der Waals surface area contributed by atoms with Gasteiger partial charge in [-0.1, -0.05) is 0 Å². The van der Waals surface area contributed by atoms with Crippen molar-refractivity contribution in [2.75, 3.05) is 64.7 Å². The molecule has 0 saturated carbocycles. The molecule has 0 unspecified atom stereocenters. The Hall–Kier alpha value is -1.55. The normalized spacial score (nSPS) is 21.4. The number of carbonyl (C=O) groups excluding carboxylic acids is 1. The zero-order chi connectivity index (χ0) is 18.3. The monoisotopic (exact) mass is 375 g/mol. The molecule has 0 radical (unpaired) electrons. The fraction of sp³-hybridized carbons (Fsp3) is 0.867. The van der Waals surface area contributed by atoms with Crippen molar-refractivity contribution in [3.8, 4) is 0 Å². The summed E-state index contributed by atoms with van der Waals surface area (Å²) < 4.78 is 30.2. The molecule has 144 valence electrons. The highest BCUT2D eigenvalue weighted by Crippen LogP contribution is 2.12. The predicted octanol–water partition coefficient (Wildman–Crippen LogP) is -0.238. The van der Waals surface area contributed by atoms with Crippen LogP contribution in [0.3, 0.4) is 0 Å². The highest BCUT2D eigenvalue weighted by Gasteiger charge is 2.28. The van der Waals surface area contributed by atoms with Gasteiger partial charge in [0, 0.05) is 45.8 Å². The quantitative estimate of drug-likeness (QED) is 0.527. The van der Waals surface area contributed by atoms with Crippen molar-refractivity contribution in [2.24, 2.45) is 4.99 Å². The van der Waals surface area contributed by atoms with Gasteiger partial charge in [-0.05, 0) is 20.3 Å². The molecule has 0 atom stereocenters. The average Bonchev–Trinajstić information content (AvgIpc) is 2.93. The largest absolute Gasteiger partial charge is 0.450 e. The highest BCUT2D eigenvalue weighted by atomic mass is 32.2. The number of amides is 1. The van der Waals surface area contributed by atoms with Gasteiger partial charge in [0.05, 0.1) is 18.9 Å². The second-order valence-corrected chi connectivity index (χ2v) is 8.07. The third-order valence-corrected chi connectivity index (χ3v) is 6.21. The van der Waals surface area contributed by atoms with Crippen LogP contribution < -0.4 is 5.32 Å². The molecule has 25 heavy (non-hydrogen) atoms. The van der Waals surface area contributed by atoms with Crippen LogP contribution in [0.4, 0.5) is 4.79 Å². The van der Waals surface area contributed by atoms with E-state index in [2.05, 4.69) is 15.2 Å². The number of ether oxygens (including phenoxy) is 1. The molecule has 0 aromatic carbocycles. The smallest absolute Gasteiger partial charge is 0.409 e. The molecule has 2 heterocycles. The van der Waals surface area contributed by atoms with Gasteiger partial charge in [0.2, 0.25) is 10.0 Å². The Balaban J connectivity index is 1.87. The van der Waals surface area contributed by atoms with E-state index in [4.69, 9.17) is 4.74 Å². The number of sulfonamides is 1. The Morgan fingerprint density at radius 3 is 2.36 bits per heavy atom. The maximum Gasteiger partial charge on any atom is 0.409 e. The lowest BCUT2D eigenvalue weighted by atomic mass is 10.3. The standard InChI is InChI=1S/C15H29N5O4S/c1-3-16-14(17-6-8-20-7-5-13-25(20,22)23)18-9-11-19(12-10-18)15(21)24-4-2/h3-13H2,1-2H3,(H,16,17). The molecule has 1 amide bonds. The molecule has 2 rings (SSSR count). The van der Waals surface area contributed by atoms with Crippen LogP contribution in [0.5, 0.6) is 0 Å². The van der Waals surface area contributed by atoms with Gasteiger partial charge in [-0.3, -0.25) is 4.99 Å². The van der Waals surface area contributed by atoms with Crippen molar-refractivity contribution >= 4 is 22.1 Å². The number of piperazine rings is 1. The third kappa shape index (κ3) is 5.46. The van der Waals surface area contributed by atoms with Gasteiger partial charge < -0.3 is 19.9 Å². The number of carbonyl (C=O) groups is 1. The molecule has 2 aliphatic heterocycles. The van der Waals surface area contributed by atoms with Crippen LogP contribution in [0, 0.1) is 0 Å². The van der Waals surface area contributed by atoms with Crippen LogP contribution in [0.2, 0.25) is 0 Å². The van der Waals surface area contributed by atoms with Crippen LogP contribution >= 0.6 is 0 Å². The zero-order valence-corrected chi connectivity index (χ0v) is 15.9. The fourth-order valence-corrected chi connectivity index (χ4v) is 4.47. The number of hydrogen-bond donors (Lipinski definition) is 1. The molecule has 10 heteroatoms. The lowest BCUT2D eigenvalue weighted by Gasteiger charge is -2.36. The number of aliphatic imine (C=N–C) groups is 1. The maximum atomic E-state index is 11.8. The number of nitrogens with zero attached hydrogens (tertiary/aromatic N) is 4. The van der Waals surface area contributed by atoms with Crippen molar-refractivity contribution in [1.29, 1.82) is 0 Å². The van der Waals surface area contributed by atoms with E-state index in [9.17, 15) is 13.2 Å². The lowest BCUT2D eigenvalue weighted by Crippen LogP contribution is -2.54. The first kappa shape index (κ1) is 19.8. The molecular weight excluding hydrogens is 346 g/mol. The van der Waals surface area contributed by atoms with Crippen molar-refractivity contribution in [2.45, 2.75) is 20.3 Å². The average molecular weight is 375 g/mol. The minimum atomic E-state index is -3.07. The first-order chi connectivity index (χ1) is 12.0. The van der Waals surface area contributed by atoms with Gasteiger partial charge in [0.15, 0.2) is 5.96 Å². The van der Waals surface area contributed by atoms with Gasteiger partial charge in [-0.2, -0.15) is 0 Å². The number of hydrogen-bond acceptors (Lipinski definition) is 5.